The maximum Gasteiger partial charge on any atom is 0.249 e. The van der Waals surface area contributed by atoms with Gasteiger partial charge in [0.15, 0.2) is 0 Å². The molecule has 74 valence electrons. The van der Waals surface area contributed by atoms with Crippen molar-refractivity contribution in [1.82, 2.24) is 0 Å². The first-order chi connectivity index (χ1) is 6.43. The Hall–Kier alpha value is -1.84. The quantitative estimate of drug-likeness (QED) is 0.714. The van der Waals surface area contributed by atoms with Crippen molar-refractivity contribution in [2.45, 2.75) is 13.8 Å². The van der Waals surface area contributed by atoms with E-state index >= 15 is 0 Å². The molecule has 0 aliphatic heterocycles. The predicted molar refractivity (Wildman–Crippen MR) is 53.0 cm³/mol. The molecule has 2 amide bonds. The van der Waals surface area contributed by atoms with E-state index in [9.17, 15) is 9.59 Å². The molecule has 0 fully saturated rings. The van der Waals surface area contributed by atoms with Gasteiger partial charge in [-0.05, 0) is 37.1 Å². The monoisotopic (exact) mass is 192 g/mol. The smallest absolute Gasteiger partial charge is 0.249 e. The Labute approximate surface area is 81.9 Å². The van der Waals surface area contributed by atoms with Gasteiger partial charge in [0.2, 0.25) is 11.8 Å². The standard InChI is InChI=1S/C10H12N2O2/c1-5-3-7(9(11)13)8(10(12)14)4-6(5)2/h3-4H,1-2H3,(H2,11,13)(H2,12,14). The highest BCUT2D eigenvalue weighted by Gasteiger charge is 2.13. The highest BCUT2D eigenvalue weighted by Crippen LogP contribution is 2.15. The molecule has 0 heterocycles. The molecule has 0 aliphatic rings. The average molecular weight is 192 g/mol. The summed E-state index contributed by atoms with van der Waals surface area (Å²) in [5.41, 5.74) is 12.4. The molecule has 4 N–H and O–H groups in total. The van der Waals surface area contributed by atoms with Gasteiger partial charge in [-0.3, -0.25) is 9.59 Å². The molecule has 1 aromatic carbocycles. The molecule has 0 saturated heterocycles. The molecular formula is C10H12N2O2. The number of carbonyl (C=O) groups excluding carboxylic acids is 2. The average Bonchev–Trinajstić information content (AvgIpc) is 2.08. The van der Waals surface area contributed by atoms with E-state index in [-0.39, 0.29) is 11.1 Å². The van der Waals surface area contributed by atoms with Crippen molar-refractivity contribution in [1.29, 1.82) is 0 Å². The van der Waals surface area contributed by atoms with Crippen LogP contribution >= 0.6 is 0 Å². The fraction of sp³-hybridized carbons (Fsp3) is 0.200. The highest BCUT2D eigenvalue weighted by molar-refractivity contribution is 6.06. The number of nitrogens with two attached hydrogens (primary N) is 2. The van der Waals surface area contributed by atoms with Gasteiger partial charge in [-0.2, -0.15) is 0 Å². The summed E-state index contributed by atoms with van der Waals surface area (Å²) in [7, 11) is 0. The molecule has 0 spiro atoms. The molecule has 14 heavy (non-hydrogen) atoms. The van der Waals surface area contributed by atoms with Crippen molar-refractivity contribution in [2.24, 2.45) is 11.5 Å². The summed E-state index contributed by atoms with van der Waals surface area (Å²) in [6.45, 7) is 3.68. The number of amides is 2. The summed E-state index contributed by atoms with van der Waals surface area (Å²) >= 11 is 0. The van der Waals surface area contributed by atoms with E-state index < -0.39 is 11.8 Å². The van der Waals surface area contributed by atoms with E-state index in [0.29, 0.717) is 0 Å². The van der Waals surface area contributed by atoms with Crippen LogP contribution in [0.2, 0.25) is 0 Å². The number of carbonyl (C=O) groups is 2. The molecular weight excluding hydrogens is 180 g/mol. The van der Waals surface area contributed by atoms with Gasteiger partial charge in [0.1, 0.15) is 0 Å². The summed E-state index contributed by atoms with van der Waals surface area (Å²) in [6.07, 6.45) is 0. The number of rotatable bonds is 2. The van der Waals surface area contributed by atoms with Crippen molar-refractivity contribution in [3.05, 3.63) is 34.4 Å². The summed E-state index contributed by atoms with van der Waals surface area (Å²) in [4.78, 5) is 22.0. The maximum absolute atomic E-state index is 11.0. The predicted octanol–water partition coefficient (Wildman–Crippen LogP) is 0.501. The molecule has 0 atom stereocenters. The second kappa shape index (κ2) is 3.49. The third kappa shape index (κ3) is 1.74. The van der Waals surface area contributed by atoms with E-state index in [0.717, 1.165) is 11.1 Å². The second-order valence-corrected chi connectivity index (χ2v) is 3.21. The van der Waals surface area contributed by atoms with Crippen LogP contribution in [0.5, 0.6) is 0 Å². The van der Waals surface area contributed by atoms with E-state index in [2.05, 4.69) is 0 Å². The van der Waals surface area contributed by atoms with Gasteiger partial charge in [0.05, 0.1) is 11.1 Å². The maximum atomic E-state index is 11.0. The molecule has 0 unspecified atom stereocenters. The van der Waals surface area contributed by atoms with E-state index in [4.69, 9.17) is 11.5 Å². The number of hydrogen-bond donors (Lipinski definition) is 2. The lowest BCUT2D eigenvalue weighted by atomic mass is 9.99. The first-order valence-electron chi connectivity index (χ1n) is 4.14. The first kappa shape index (κ1) is 10.2. The zero-order chi connectivity index (χ0) is 10.9. The Morgan fingerprint density at radius 1 is 0.929 bits per heavy atom. The van der Waals surface area contributed by atoms with Gasteiger partial charge in [-0.15, -0.1) is 0 Å². The Bertz CT molecular complexity index is 372. The van der Waals surface area contributed by atoms with Crippen molar-refractivity contribution >= 4 is 11.8 Å². The van der Waals surface area contributed by atoms with Crippen molar-refractivity contribution < 1.29 is 9.59 Å². The number of primary amides is 2. The van der Waals surface area contributed by atoms with Gasteiger partial charge >= 0.3 is 0 Å². The fourth-order valence-corrected chi connectivity index (χ4v) is 1.22. The molecule has 4 nitrogen and oxygen atoms in total. The van der Waals surface area contributed by atoms with Crippen LogP contribution in [-0.4, -0.2) is 11.8 Å². The lowest BCUT2D eigenvalue weighted by molar-refractivity contribution is 0.0967. The molecule has 0 saturated carbocycles. The third-order valence-corrected chi connectivity index (χ3v) is 2.16. The molecule has 1 rings (SSSR count). The lowest BCUT2D eigenvalue weighted by Crippen LogP contribution is -2.21. The van der Waals surface area contributed by atoms with Gasteiger partial charge in [0.25, 0.3) is 0 Å². The minimum Gasteiger partial charge on any atom is -0.366 e. The van der Waals surface area contributed by atoms with Crippen molar-refractivity contribution in [2.75, 3.05) is 0 Å². The summed E-state index contributed by atoms with van der Waals surface area (Å²) in [5.74, 6) is -1.27. The Morgan fingerprint density at radius 2 is 1.21 bits per heavy atom. The highest BCUT2D eigenvalue weighted by atomic mass is 16.2. The second-order valence-electron chi connectivity index (χ2n) is 3.21. The molecule has 0 bridgehead atoms. The molecule has 0 aliphatic carbocycles. The van der Waals surface area contributed by atoms with Crippen molar-refractivity contribution in [3.8, 4) is 0 Å². The molecule has 0 radical (unpaired) electrons. The van der Waals surface area contributed by atoms with Crippen LogP contribution in [-0.2, 0) is 0 Å². The zero-order valence-electron chi connectivity index (χ0n) is 8.13. The minimum atomic E-state index is -0.637. The zero-order valence-corrected chi connectivity index (χ0v) is 8.13. The molecule has 1 aromatic rings. The third-order valence-electron chi connectivity index (χ3n) is 2.16. The summed E-state index contributed by atoms with van der Waals surface area (Å²) in [5, 5.41) is 0. The Balaban J connectivity index is 3.46. The lowest BCUT2D eigenvalue weighted by Gasteiger charge is -2.07. The molecule has 4 heteroatoms. The summed E-state index contributed by atoms with van der Waals surface area (Å²) in [6, 6.07) is 3.16. The largest absolute Gasteiger partial charge is 0.366 e. The van der Waals surface area contributed by atoms with Crippen LogP contribution in [0.15, 0.2) is 12.1 Å². The Morgan fingerprint density at radius 3 is 1.43 bits per heavy atom. The normalized spacial score (nSPS) is 9.86. The van der Waals surface area contributed by atoms with Crippen LogP contribution in [0.25, 0.3) is 0 Å². The van der Waals surface area contributed by atoms with E-state index in [1.54, 1.807) is 12.1 Å². The van der Waals surface area contributed by atoms with Crippen LogP contribution in [0.1, 0.15) is 31.8 Å². The van der Waals surface area contributed by atoms with Crippen LogP contribution in [0, 0.1) is 13.8 Å². The van der Waals surface area contributed by atoms with Crippen LogP contribution in [0.3, 0.4) is 0 Å². The topological polar surface area (TPSA) is 86.2 Å². The molecule has 0 aromatic heterocycles. The van der Waals surface area contributed by atoms with Gasteiger partial charge in [-0.25, -0.2) is 0 Å². The van der Waals surface area contributed by atoms with E-state index in [1.165, 1.54) is 0 Å². The fourth-order valence-electron chi connectivity index (χ4n) is 1.22. The SMILES string of the molecule is Cc1cc(C(N)=O)c(C(N)=O)cc1C. The number of hydrogen-bond acceptors (Lipinski definition) is 2. The van der Waals surface area contributed by atoms with Gasteiger partial charge < -0.3 is 11.5 Å². The Kier molecular flexibility index (Phi) is 2.56. The van der Waals surface area contributed by atoms with Crippen LogP contribution < -0.4 is 11.5 Å². The number of benzene rings is 1. The number of aryl methyl sites for hydroxylation is 2. The summed E-state index contributed by atoms with van der Waals surface area (Å²) < 4.78 is 0. The minimum absolute atomic E-state index is 0.181. The van der Waals surface area contributed by atoms with E-state index in [1.807, 2.05) is 13.8 Å². The van der Waals surface area contributed by atoms with Crippen LogP contribution in [0.4, 0.5) is 0 Å². The first-order valence-corrected chi connectivity index (χ1v) is 4.14. The van der Waals surface area contributed by atoms with Gasteiger partial charge in [0, 0.05) is 0 Å². The van der Waals surface area contributed by atoms with Crippen molar-refractivity contribution in [3.63, 3.8) is 0 Å². The van der Waals surface area contributed by atoms with Gasteiger partial charge in [-0.1, -0.05) is 0 Å².